The van der Waals surface area contributed by atoms with Crippen molar-refractivity contribution in [1.29, 1.82) is 0 Å². The molecule has 2 aromatic rings. The van der Waals surface area contributed by atoms with Gasteiger partial charge < -0.3 is 9.64 Å². The topological polar surface area (TPSA) is 89.8 Å². The van der Waals surface area contributed by atoms with Crippen LogP contribution in [0.5, 0.6) is 0 Å². The van der Waals surface area contributed by atoms with E-state index in [-0.39, 0.29) is 17.2 Å². The van der Waals surface area contributed by atoms with E-state index in [4.69, 9.17) is 4.74 Å². The third kappa shape index (κ3) is 5.64. The van der Waals surface area contributed by atoms with Crippen molar-refractivity contribution in [3.05, 3.63) is 75.8 Å². The Morgan fingerprint density at radius 3 is 2.15 bits per heavy atom. The predicted molar refractivity (Wildman–Crippen MR) is 100 cm³/mol. The summed E-state index contributed by atoms with van der Waals surface area (Å²) in [7, 11) is 0. The number of hydrogen-bond donors (Lipinski definition) is 0. The maximum Gasteiger partial charge on any atom is 0.338 e. The Kier molecular flexibility index (Phi) is 6.28. The van der Waals surface area contributed by atoms with Crippen LogP contribution >= 0.6 is 0 Å². The van der Waals surface area contributed by atoms with Gasteiger partial charge in [-0.1, -0.05) is 30.3 Å². The van der Waals surface area contributed by atoms with Crippen LogP contribution in [0.3, 0.4) is 0 Å². The van der Waals surface area contributed by atoms with Crippen LogP contribution in [0, 0.1) is 10.1 Å². The standard InChI is InChI=1S/C20H22N2O5/c1-20(2,3)21(13-15-7-5-4-6-8-15)18(23)14-27-19(24)16-9-11-17(12-10-16)22(25)26/h4-12H,13-14H2,1-3H3. The molecule has 0 fully saturated rings. The molecule has 0 heterocycles. The van der Waals surface area contributed by atoms with Crippen LogP contribution in [0.15, 0.2) is 54.6 Å². The molecule has 0 unspecified atom stereocenters. The first-order valence-electron chi connectivity index (χ1n) is 8.44. The van der Waals surface area contributed by atoms with Crippen molar-refractivity contribution in [2.75, 3.05) is 6.61 Å². The number of carbonyl (C=O) groups is 2. The Morgan fingerprint density at radius 2 is 1.63 bits per heavy atom. The van der Waals surface area contributed by atoms with E-state index < -0.39 is 23.0 Å². The first-order valence-corrected chi connectivity index (χ1v) is 8.44. The minimum absolute atomic E-state index is 0.121. The van der Waals surface area contributed by atoms with E-state index in [0.717, 1.165) is 5.56 Å². The summed E-state index contributed by atoms with van der Waals surface area (Å²) in [6, 6.07) is 14.6. The summed E-state index contributed by atoms with van der Waals surface area (Å²) < 4.78 is 5.10. The summed E-state index contributed by atoms with van der Waals surface area (Å²) >= 11 is 0. The van der Waals surface area contributed by atoms with Crippen molar-refractivity contribution in [3.8, 4) is 0 Å². The third-order valence-corrected chi connectivity index (χ3v) is 3.93. The fourth-order valence-corrected chi connectivity index (χ4v) is 2.47. The predicted octanol–water partition coefficient (Wildman–Crippen LogP) is 3.58. The highest BCUT2D eigenvalue weighted by Crippen LogP contribution is 2.18. The van der Waals surface area contributed by atoms with Gasteiger partial charge in [0.05, 0.1) is 10.5 Å². The van der Waals surface area contributed by atoms with Crippen LogP contribution in [0.25, 0.3) is 0 Å². The summed E-state index contributed by atoms with van der Waals surface area (Å²) in [5.41, 5.74) is 0.554. The van der Waals surface area contributed by atoms with Gasteiger partial charge in [-0.05, 0) is 38.5 Å². The maximum atomic E-state index is 12.6. The Labute approximate surface area is 157 Å². The van der Waals surface area contributed by atoms with Crippen LogP contribution in [0.1, 0.15) is 36.7 Å². The lowest BCUT2D eigenvalue weighted by Crippen LogP contribution is -2.46. The van der Waals surface area contributed by atoms with Gasteiger partial charge in [-0.15, -0.1) is 0 Å². The number of non-ortho nitro benzene ring substituents is 1. The second kappa shape index (κ2) is 8.44. The largest absolute Gasteiger partial charge is 0.452 e. The van der Waals surface area contributed by atoms with Gasteiger partial charge in [-0.3, -0.25) is 14.9 Å². The number of nitro benzene ring substituents is 1. The summed E-state index contributed by atoms with van der Waals surface area (Å²) in [6.45, 7) is 5.72. The van der Waals surface area contributed by atoms with Crippen LogP contribution in [-0.4, -0.2) is 33.8 Å². The van der Waals surface area contributed by atoms with E-state index in [0.29, 0.717) is 6.54 Å². The zero-order chi connectivity index (χ0) is 20.0. The van der Waals surface area contributed by atoms with E-state index in [2.05, 4.69) is 0 Å². The molecular weight excluding hydrogens is 348 g/mol. The summed E-state index contributed by atoms with van der Waals surface area (Å²) in [6.07, 6.45) is 0. The van der Waals surface area contributed by atoms with Crippen LogP contribution < -0.4 is 0 Å². The monoisotopic (exact) mass is 370 g/mol. The first-order chi connectivity index (χ1) is 12.7. The van der Waals surface area contributed by atoms with Crippen molar-refractivity contribution in [1.82, 2.24) is 4.90 Å². The number of carbonyl (C=O) groups excluding carboxylic acids is 2. The number of amides is 1. The SMILES string of the molecule is CC(C)(C)N(Cc1ccccc1)C(=O)COC(=O)c1ccc([N+](=O)[O-])cc1. The van der Waals surface area contributed by atoms with Gasteiger partial charge in [0.2, 0.25) is 0 Å². The summed E-state index contributed by atoms with van der Waals surface area (Å²) in [5, 5.41) is 10.7. The number of esters is 1. The van der Waals surface area contributed by atoms with Gasteiger partial charge in [0.25, 0.3) is 11.6 Å². The number of nitrogens with zero attached hydrogens (tertiary/aromatic N) is 2. The highest BCUT2D eigenvalue weighted by Gasteiger charge is 2.27. The Balaban J connectivity index is 2.02. The lowest BCUT2D eigenvalue weighted by molar-refractivity contribution is -0.384. The Hall–Kier alpha value is -3.22. The molecule has 2 rings (SSSR count). The molecule has 0 bridgehead atoms. The normalized spacial score (nSPS) is 10.9. The molecule has 142 valence electrons. The van der Waals surface area contributed by atoms with E-state index in [1.165, 1.54) is 24.3 Å². The molecule has 27 heavy (non-hydrogen) atoms. The van der Waals surface area contributed by atoms with Gasteiger partial charge in [0.15, 0.2) is 6.61 Å². The molecule has 0 N–H and O–H groups in total. The molecule has 0 aliphatic rings. The molecule has 0 aliphatic heterocycles. The van der Waals surface area contributed by atoms with E-state index >= 15 is 0 Å². The molecule has 0 spiro atoms. The molecule has 1 amide bonds. The summed E-state index contributed by atoms with van der Waals surface area (Å²) in [5.74, 6) is -1.02. The number of benzene rings is 2. The van der Waals surface area contributed by atoms with Gasteiger partial charge in [0.1, 0.15) is 0 Å². The zero-order valence-electron chi connectivity index (χ0n) is 15.5. The molecular formula is C20H22N2O5. The Bertz CT molecular complexity index is 811. The average Bonchev–Trinajstić information content (AvgIpc) is 2.64. The van der Waals surface area contributed by atoms with E-state index in [1.54, 1.807) is 4.90 Å². The number of ether oxygens (including phenoxy) is 1. The van der Waals surface area contributed by atoms with Gasteiger partial charge in [0, 0.05) is 24.2 Å². The average molecular weight is 370 g/mol. The van der Waals surface area contributed by atoms with Crippen molar-refractivity contribution in [2.24, 2.45) is 0 Å². The van der Waals surface area contributed by atoms with E-state index in [9.17, 15) is 19.7 Å². The minimum Gasteiger partial charge on any atom is -0.452 e. The van der Waals surface area contributed by atoms with Crippen LogP contribution in [-0.2, 0) is 16.1 Å². The van der Waals surface area contributed by atoms with Crippen molar-refractivity contribution in [3.63, 3.8) is 0 Å². The fraction of sp³-hybridized carbons (Fsp3) is 0.300. The quantitative estimate of drug-likeness (QED) is 0.440. The van der Waals surface area contributed by atoms with E-state index in [1.807, 2.05) is 51.1 Å². The van der Waals surface area contributed by atoms with Crippen molar-refractivity contribution < 1.29 is 19.2 Å². The maximum absolute atomic E-state index is 12.6. The van der Waals surface area contributed by atoms with Crippen molar-refractivity contribution in [2.45, 2.75) is 32.9 Å². The fourth-order valence-electron chi connectivity index (χ4n) is 2.47. The second-order valence-electron chi connectivity index (χ2n) is 7.02. The van der Waals surface area contributed by atoms with Crippen molar-refractivity contribution >= 4 is 17.6 Å². The molecule has 0 aromatic heterocycles. The molecule has 0 saturated carbocycles. The molecule has 2 aromatic carbocycles. The smallest absolute Gasteiger partial charge is 0.338 e. The molecule has 0 saturated heterocycles. The molecule has 0 radical (unpaired) electrons. The highest BCUT2D eigenvalue weighted by atomic mass is 16.6. The van der Waals surface area contributed by atoms with Gasteiger partial charge in [-0.25, -0.2) is 4.79 Å². The number of hydrogen-bond acceptors (Lipinski definition) is 5. The lowest BCUT2D eigenvalue weighted by Gasteiger charge is -2.35. The summed E-state index contributed by atoms with van der Waals surface area (Å²) in [4.78, 5) is 36.5. The van der Waals surface area contributed by atoms with Gasteiger partial charge in [-0.2, -0.15) is 0 Å². The Morgan fingerprint density at radius 1 is 1.04 bits per heavy atom. The zero-order valence-corrected chi connectivity index (χ0v) is 15.5. The number of nitro groups is 1. The number of rotatable bonds is 6. The molecule has 0 atom stereocenters. The highest BCUT2D eigenvalue weighted by molar-refractivity contribution is 5.91. The molecule has 7 nitrogen and oxygen atoms in total. The minimum atomic E-state index is -0.702. The van der Waals surface area contributed by atoms with Gasteiger partial charge >= 0.3 is 5.97 Å². The van der Waals surface area contributed by atoms with Crippen LogP contribution in [0.2, 0.25) is 0 Å². The molecule has 7 heteroatoms. The first kappa shape index (κ1) is 20.1. The molecule has 0 aliphatic carbocycles. The third-order valence-electron chi connectivity index (χ3n) is 3.93. The van der Waals surface area contributed by atoms with Crippen LogP contribution in [0.4, 0.5) is 5.69 Å². The lowest BCUT2D eigenvalue weighted by atomic mass is 10.0. The second-order valence-corrected chi connectivity index (χ2v) is 7.02.